The van der Waals surface area contributed by atoms with Gasteiger partial charge in [0.25, 0.3) is 12.3 Å². The highest BCUT2D eigenvalue weighted by Crippen LogP contribution is 2.37. The molecule has 6 nitrogen and oxygen atoms in total. The Kier molecular flexibility index (Phi) is 6.27. The number of benzene rings is 1. The van der Waals surface area contributed by atoms with Crippen LogP contribution >= 0.6 is 23.5 Å². The number of aromatic nitrogens is 2. The van der Waals surface area contributed by atoms with Crippen LogP contribution in [0.15, 0.2) is 40.5 Å². The van der Waals surface area contributed by atoms with Crippen molar-refractivity contribution in [3.63, 3.8) is 0 Å². The van der Waals surface area contributed by atoms with Crippen molar-refractivity contribution < 1.29 is 18.4 Å². The van der Waals surface area contributed by atoms with Gasteiger partial charge < -0.3 is 10.2 Å². The van der Waals surface area contributed by atoms with Crippen molar-refractivity contribution in [1.29, 1.82) is 0 Å². The zero-order chi connectivity index (χ0) is 19.4. The minimum Gasteiger partial charge on any atom is -0.320 e. The summed E-state index contributed by atoms with van der Waals surface area (Å²) in [4.78, 5) is 34.6. The number of hydrogen-bond acceptors (Lipinski definition) is 6. The van der Waals surface area contributed by atoms with E-state index < -0.39 is 18.9 Å². The molecule has 1 aromatic heterocycles. The van der Waals surface area contributed by atoms with Crippen LogP contribution in [0.25, 0.3) is 0 Å². The third kappa shape index (κ3) is 4.56. The monoisotopic (exact) mass is 410 g/mol. The molecule has 1 aromatic carbocycles. The first kappa shape index (κ1) is 19.6. The Bertz CT molecular complexity index is 867. The zero-order valence-corrected chi connectivity index (χ0v) is 15.9. The molecular formula is C17H16F2N4O2S2. The zero-order valence-electron chi connectivity index (χ0n) is 14.3. The molecule has 2 heterocycles. The second-order valence-corrected chi connectivity index (χ2v) is 7.73. The number of hydrogen-bond donors (Lipinski definition) is 1. The van der Waals surface area contributed by atoms with E-state index in [0.29, 0.717) is 16.4 Å². The first-order valence-corrected chi connectivity index (χ1v) is 10.1. The fraction of sp³-hybridized carbons (Fsp3) is 0.294. The molecule has 27 heavy (non-hydrogen) atoms. The summed E-state index contributed by atoms with van der Waals surface area (Å²) < 4.78 is 25.7. The Labute approximate surface area is 163 Å². The fourth-order valence-corrected chi connectivity index (χ4v) is 4.14. The van der Waals surface area contributed by atoms with Crippen molar-refractivity contribution >= 4 is 46.7 Å². The highest BCUT2D eigenvalue weighted by molar-refractivity contribution is 8.00. The molecule has 1 N–H and O–H groups in total. The van der Waals surface area contributed by atoms with Crippen molar-refractivity contribution in [3.8, 4) is 0 Å². The number of nitrogens with zero attached hydrogens (tertiary/aromatic N) is 3. The topological polar surface area (TPSA) is 75.2 Å². The van der Waals surface area contributed by atoms with E-state index in [2.05, 4.69) is 15.3 Å². The molecule has 3 rings (SSSR count). The second-order valence-electron chi connectivity index (χ2n) is 5.46. The first-order chi connectivity index (χ1) is 13.0. The third-order valence-corrected chi connectivity index (χ3v) is 5.55. The van der Waals surface area contributed by atoms with Gasteiger partial charge in [-0.15, -0.1) is 23.5 Å². The van der Waals surface area contributed by atoms with E-state index >= 15 is 0 Å². The van der Waals surface area contributed by atoms with Crippen LogP contribution in [0.1, 0.15) is 17.4 Å². The number of thioether (sulfide) groups is 2. The van der Waals surface area contributed by atoms with Gasteiger partial charge in [0.2, 0.25) is 5.91 Å². The van der Waals surface area contributed by atoms with Gasteiger partial charge in [-0.05, 0) is 24.0 Å². The van der Waals surface area contributed by atoms with Gasteiger partial charge >= 0.3 is 0 Å². The van der Waals surface area contributed by atoms with Crippen LogP contribution in [0.2, 0.25) is 0 Å². The minimum atomic E-state index is -2.64. The normalized spacial score (nSPS) is 13.6. The maximum Gasteiger partial charge on any atom is 0.277 e. The standard InChI is InChI=1S/C17H16F2N4O2S2/c1-2-26-17-15(20-5-6-21-17)16(25)22-10-3-4-12-11(7-10)23(8-13(18)19)14(24)9-27-12/h3-7,13H,2,8-9H2,1H3,(H,22,25). The van der Waals surface area contributed by atoms with Crippen molar-refractivity contribution in [2.75, 3.05) is 28.3 Å². The van der Waals surface area contributed by atoms with E-state index in [1.807, 2.05) is 6.92 Å². The number of carbonyl (C=O) groups is 2. The molecule has 1 aliphatic heterocycles. The average molecular weight is 410 g/mol. The molecule has 0 aliphatic carbocycles. The van der Waals surface area contributed by atoms with Crippen LogP contribution in [-0.2, 0) is 4.79 Å². The summed E-state index contributed by atoms with van der Waals surface area (Å²) >= 11 is 2.68. The summed E-state index contributed by atoms with van der Waals surface area (Å²) in [5, 5.41) is 3.22. The predicted molar refractivity (Wildman–Crippen MR) is 102 cm³/mol. The molecule has 2 aromatic rings. The Balaban J connectivity index is 1.86. The minimum absolute atomic E-state index is 0.114. The number of carbonyl (C=O) groups excluding carboxylic acids is 2. The predicted octanol–water partition coefficient (Wildman–Crippen LogP) is 3.54. The van der Waals surface area contributed by atoms with Gasteiger partial charge in [0, 0.05) is 23.0 Å². The van der Waals surface area contributed by atoms with Gasteiger partial charge in [0.05, 0.1) is 18.0 Å². The van der Waals surface area contributed by atoms with Gasteiger partial charge in [-0.2, -0.15) is 0 Å². The number of halogens is 2. The van der Waals surface area contributed by atoms with Crippen LogP contribution in [0.4, 0.5) is 20.2 Å². The summed E-state index contributed by atoms with van der Waals surface area (Å²) in [5.41, 5.74) is 0.958. The van der Waals surface area contributed by atoms with Gasteiger partial charge in [0.1, 0.15) is 5.03 Å². The number of fused-ring (bicyclic) bond motifs is 1. The molecule has 10 heteroatoms. The van der Waals surface area contributed by atoms with Crippen LogP contribution < -0.4 is 10.2 Å². The quantitative estimate of drug-likeness (QED) is 0.734. The first-order valence-electron chi connectivity index (χ1n) is 8.10. The van der Waals surface area contributed by atoms with Gasteiger partial charge in [-0.1, -0.05) is 6.92 Å². The molecule has 0 fully saturated rings. The fourth-order valence-electron chi connectivity index (χ4n) is 2.53. The van der Waals surface area contributed by atoms with Crippen molar-refractivity contribution in [2.45, 2.75) is 23.3 Å². The van der Waals surface area contributed by atoms with E-state index in [1.54, 1.807) is 12.1 Å². The lowest BCUT2D eigenvalue weighted by Crippen LogP contribution is -2.38. The second kappa shape index (κ2) is 8.66. The lowest BCUT2D eigenvalue weighted by molar-refractivity contribution is -0.116. The molecule has 0 radical (unpaired) electrons. The summed E-state index contributed by atoms with van der Waals surface area (Å²) in [6.45, 7) is 1.27. The number of alkyl halides is 2. The molecule has 0 atom stereocenters. The molecule has 0 unspecified atom stereocenters. The lowest BCUT2D eigenvalue weighted by atomic mass is 10.2. The Morgan fingerprint density at radius 1 is 1.37 bits per heavy atom. The largest absolute Gasteiger partial charge is 0.320 e. The molecular weight excluding hydrogens is 394 g/mol. The molecule has 1 aliphatic rings. The van der Waals surface area contributed by atoms with Crippen molar-refractivity contribution in [3.05, 3.63) is 36.3 Å². The van der Waals surface area contributed by atoms with Crippen LogP contribution in [-0.4, -0.2) is 46.3 Å². The maximum atomic E-state index is 12.8. The molecule has 0 spiro atoms. The maximum absolute atomic E-state index is 12.8. The number of nitrogens with one attached hydrogen (secondary N) is 1. The average Bonchev–Trinajstić information content (AvgIpc) is 2.64. The van der Waals surface area contributed by atoms with Crippen molar-refractivity contribution in [2.24, 2.45) is 0 Å². The third-order valence-electron chi connectivity index (χ3n) is 3.64. The van der Waals surface area contributed by atoms with Crippen LogP contribution in [0.5, 0.6) is 0 Å². The van der Waals surface area contributed by atoms with Crippen LogP contribution in [0, 0.1) is 0 Å². The lowest BCUT2D eigenvalue weighted by Gasteiger charge is -2.29. The summed E-state index contributed by atoms with van der Waals surface area (Å²) in [6.07, 6.45) is 0.302. The van der Waals surface area contributed by atoms with Crippen molar-refractivity contribution in [1.82, 2.24) is 9.97 Å². The molecule has 0 saturated heterocycles. The van der Waals surface area contributed by atoms with E-state index in [4.69, 9.17) is 0 Å². The van der Waals surface area contributed by atoms with Gasteiger partial charge in [-0.25, -0.2) is 18.7 Å². The van der Waals surface area contributed by atoms with Gasteiger partial charge in [-0.3, -0.25) is 9.59 Å². The molecule has 0 bridgehead atoms. The van der Waals surface area contributed by atoms with E-state index in [-0.39, 0.29) is 17.4 Å². The van der Waals surface area contributed by atoms with E-state index in [0.717, 1.165) is 15.5 Å². The Hall–Kier alpha value is -2.20. The Morgan fingerprint density at radius 2 is 2.15 bits per heavy atom. The Morgan fingerprint density at radius 3 is 2.89 bits per heavy atom. The van der Waals surface area contributed by atoms with E-state index in [1.165, 1.54) is 42.0 Å². The summed E-state index contributed by atoms with van der Waals surface area (Å²) in [6, 6.07) is 4.91. The molecule has 0 saturated carbocycles. The number of amides is 2. The van der Waals surface area contributed by atoms with Gasteiger partial charge in [0.15, 0.2) is 5.69 Å². The smallest absolute Gasteiger partial charge is 0.277 e. The molecule has 142 valence electrons. The SMILES string of the molecule is CCSc1nccnc1C(=O)Nc1ccc2c(c1)N(CC(F)F)C(=O)CS2. The molecule has 2 amide bonds. The highest BCUT2D eigenvalue weighted by Gasteiger charge is 2.27. The number of rotatable bonds is 6. The summed E-state index contributed by atoms with van der Waals surface area (Å²) in [7, 11) is 0. The van der Waals surface area contributed by atoms with E-state index in [9.17, 15) is 18.4 Å². The highest BCUT2D eigenvalue weighted by atomic mass is 32.2. The summed E-state index contributed by atoms with van der Waals surface area (Å²) in [5.74, 6) is 0.0172. The number of anilines is 2. The van der Waals surface area contributed by atoms with Crippen LogP contribution in [0.3, 0.4) is 0 Å².